The molecular formula is C14H22N2O3S2. The molecule has 5 nitrogen and oxygen atoms in total. The molecule has 3 unspecified atom stereocenters. The van der Waals surface area contributed by atoms with Crippen molar-refractivity contribution < 1.29 is 14.1 Å². The molecule has 1 aliphatic rings. The largest absolute Gasteiger partial charge is 0.465 e. The van der Waals surface area contributed by atoms with Crippen molar-refractivity contribution in [1.82, 2.24) is 10.1 Å². The van der Waals surface area contributed by atoms with Crippen LogP contribution in [0.5, 0.6) is 0 Å². The Morgan fingerprint density at radius 3 is 2.81 bits per heavy atom. The van der Waals surface area contributed by atoms with E-state index in [4.69, 9.17) is 9.26 Å². The Labute approximate surface area is 134 Å². The van der Waals surface area contributed by atoms with E-state index in [-0.39, 0.29) is 11.2 Å². The van der Waals surface area contributed by atoms with Crippen LogP contribution in [0, 0.1) is 0 Å². The molecule has 3 atom stereocenters. The molecule has 0 amide bonds. The lowest BCUT2D eigenvalue weighted by Gasteiger charge is -2.27. The summed E-state index contributed by atoms with van der Waals surface area (Å²) in [5, 5.41) is 4.89. The average Bonchev–Trinajstić information content (AvgIpc) is 2.97. The number of rotatable bonds is 6. The summed E-state index contributed by atoms with van der Waals surface area (Å²) in [4.78, 5) is 16.4. The van der Waals surface area contributed by atoms with E-state index in [1.807, 2.05) is 30.4 Å². The maximum Gasteiger partial charge on any atom is 0.318 e. The van der Waals surface area contributed by atoms with E-state index >= 15 is 0 Å². The molecule has 7 heteroatoms. The SMILES string of the molecule is CCOC(=O)C(CC)c1nc(C2SCCSC2CC)no1. The Hall–Kier alpha value is -0.690. The summed E-state index contributed by atoms with van der Waals surface area (Å²) in [6, 6.07) is 0. The highest BCUT2D eigenvalue weighted by atomic mass is 32.2. The molecule has 0 radical (unpaired) electrons. The number of carbonyl (C=O) groups excluding carboxylic acids is 1. The van der Waals surface area contributed by atoms with Crippen molar-refractivity contribution in [2.45, 2.75) is 50.0 Å². The molecule has 0 aromatic carbocycles. The fraction of sp³-hybridized carbons (Fsp3) is 0.786. The molecule has 0 saturated carbocycles. The van der Waals surface area contributed by atoms with Gasteiger partial charge in [0.1, 0.15) is 5.92 Å². The number of esters is 1. The normalized spacial score (nSPS) is 23.8. The van der Waals surface area contributed by atoms with Crippen molar-refractivity contribution in [2.75, 3.05) is 18.1 Å². The third kappa shape index (κ3) is 3.94. The van der Waals surface area contributed by atoms with Gasteiger partial charge in [0.05, 0.1) is 11.9 Å². The predicted molar refractivity (Wildman–Crippen MR) is 85.7 cm³/mol. The van der Waals surface area contributed by atoms with Crippen LogP contribution in [-0.2, 0) is 9.53 Å². The Morgan fingerprint density at radius 2 is 2.14 bits per heavy atom. The highest BCUT2D eigenvalue weighted by Gasteiger charge is 2.33. The number of nitrogens with zero attached hydrogens (tertiary/aromatic N) is 2. The Balaban J connectivity index is 2.14. The van der Waals surface area contributed by atoms with Gasteiger partial charge < -0.3 is 9.26 Å². The van der Waals surface area contributed by atoms with Gasteiger partial charge in [-0.1, -0.05) is 19.0 Å². The zero-order valence-electron chi connectivity index (χ0n) is 12.7. The van der Waals surface area contributed by atoms with Gasteiger partial charge in [-0.3, -0.25) is 4.79 Å². The number of aromatic nitrogens is 2. The van der Waals surface area contributed by atoms with E-state index < -0.39 is 5.92 Å². The van der Waals surface area contributed by atoms with Crippen molar-refractivity contribution in [3.63, 3.8) is 0 Å². The second-order valence-corrected chi connectivity index (χ2v) is 7.41. The van der Waals surface area contributed by atoms with E-state index in [2.05, 4.69) is 17.1 Å². The van der Waals surface area contributed by atoms with Crippen LogP contribution in [0.15, 0.2) is 4.52 Å². The van der Waals surface area contributed by atoms with Crippen molar-refractivity contribution in [3.8, 4) is 0 Å². The molecular weight excluding hydrogens is 308 g/mol. The second-order valence-electron chi connectivity index (χ2n) is 4.81. The first kappa shape index (κ1) is 16.7. The van der Waals surface area contributed by atoms with Crippen molar-refractivity contribution in [3.05, 3.63) is 11.7 Å². The first-order valence-electron chi connectivity index (χ1n) is 7.44. The molecule has 0 spiro atoms. The van der Waals surface area contributed by atoms with Gasteiger partial charge in [-0.15, -0.1) is 11.8 Å². The number of thioether (sulfide) groups is 2. The standard InChI is InChI=1S/C14H22N2O3S2/c1-4-9(14(17)18-6-3)13-15-12(16-19-13)11-10(5-2)20-7-8-21-11/h9-11H,4-8H2,1-3H3. The van der Waals surface area contributed by atoms with E-state index in [0.29, 0.717) is 24.2 Å². The first-order valence-corrected chi connectivity index (χ1v) is 9.54. The number of hydrogen-bond donors (Lipinski definition) is 0. The van der Waals surface area contributed by atoms with Crippen molar-refractivity contribution >= 4 is 29.5 Å². The van der Waals surface area contributed by atoms with Crippen LogP contribution in [0.4, 0.5) is 0 Å². The number of hydrogen-bond acceptors (Lipinski definition) is 7. The molecule has 0 aliphatic carbocycles. The lowest BCUT2D eigenvalue weighted by Crippen LogP contribution is -2.20. The minimum atomic E-state index is -0.451. The molecule has 1 aromatic heterocycles. The Bertz CT molecular complexity index is 467. The van der Waals surface area contributed by atoms with Crippen LogP contribution in [0.3, 0.4) is 0 Å². The molecule has 0 bridgehead atoms. The van der Waals surface area contributed by atoms with Crippen LogP contribution in [0.2, 0.25) is 0 Å². The van der Waals surface area contributed by atoms with Crippen LogP contribution < -0.4 is 0 Å². The number of carbonyl (C=O) groups is 1. The second kappa shape index (κ2) is 8.08. The summed E-state index contributed by atoms with van der Waals surface area (Å²) in [6.45, 7) is 6.27. The van der Waals surface area contributed by atoms with Gasteiger partial charge in [0.25, 0.3) is 0 Å². The van der Waals surface area contributed by atoms with Gasteiger partial charge in [0.15, 0.2) is 5.82 Å². The highest BCUT2D eigenvalue weighted by molar-refractivity contribution is 8.06. The fourth-order valence-corrected chi connectivity index (χ4v) is 5.31. The summed E-state index contributed by atoms with van der Waals surface area (Å²) in [6.07, 6.45) is 1.69. The molecule has 2 heterocycles. The van der Waals surface area contributed by atoms with Gasteiger partial charge in [0.2, 0.25) is 5.89 Å². The van der Waals surface area contributed by atoms with E-state index in [1.54, 1.807) is 6.92 Å². The van der Waals surface area contributed by atoms with Gasteiger partial charge >= 0.3 is 5.97 Å². The highest BCUT2D eigenvalue weighted by Crippen LogP contribution is 2.43. The van der Waals surface area contributed by atoms with Gasteiger partial charge in [0, 0.05) is 16.8 Å². The monoisotopic (exact) mass is 330 g/mol. The summed E-state index contributed by atoms with van der Waals surface area (Å²) in [7, 11) is 0. The average molecular weight is 330 g/mol. The quantitative estimate of drug-likeness (QED) is 0.740. The maximum absolute atomic E-state index is 11.9. The molecule has 118 valence electrons. The minimum absolute atomic E-state index is 0.256. The zero-order valence-corrected chi connectivity index (χ0v) is 14.3. The topological polar surface area (TPSA) is 65.2 Å². The minimum Gasteiger partial charge on any atom is -0.465 e. The summed E-state index contributed by atoms with van der Waals surface area (Å²) < 4.78 is 10.4. The summed E-state index contributed by atoms with van der Waals surface area (Å²) >= 11 is 3.85. The lowest BCUT2D eigenvalue weighted by molar-refractivity contribution is -0.145. The molecule has 1 aliphatic heterocycles. The zero-order chi connectivity index (χ0) is 15.2. The maximum atomic E-state index is 11.9. The van der Waals surface area contributed by atoms with Crippen LogP contribution >= 0.6 is 23.5 Å². The molecule has 1 fully saturated rings. The Kier molecular flexibility index (Phi) is 6.41. The van der Waals surface area contributed by atoms with Crippen molar-refractivity contribution in [1.29, 1.82) is 0 Å². The van der Waals surface area contributed by atoms with Gasteiger partial charge in [-0.25, -0.2) is 0 Å². The molecule has 0 N–H and O–H groups in total. The van der Waals surface area contributed by atoms with E-state index in [9.17, 15) is 4.79 Å². The predicted octanol–water partition coefficient (Wildman–Crippen LogP) is 3.43. The Morgan fingerprint density at radius 1 is 1.38 bits per heavy atom. The summed E-state index contributed by atoms with van der Waals surface area (Å²) in [5.74, 6) is 2.64. The van der Waals surface area contributed by atoms with Crippen LogP contribution in [-0.4, -0.2) is 39.5 Å². The smallest absolute Gasteiger partial charge is 0.318 e. The van der Waals surface area contributed by atoms with E-state index in [1.165, 1.54) is 5.75 Å². The summed E-state index contributed by atoms with van der Waals surface area (Å²) in [5.41, 5.74) is 0. The van der Waals surface area contributed by atoms with E-state index in [0.717, 1.165) is 18.0 Å². The molecule has 2 rings (SSSR count). The third-order valence-electron chi connectivity index (χ3n) is 3.44. The van der Waals surface area contributed by atoms with Crippen molar-refractivity contribution in [2.24, 2.45) is 0 Å². The fourth-order valence-electron chi connectivity index (χ4n) is 2.33. The third-order valence-corrected chi connectivity index (χ3v) is 6.68. The molecule has 1 aromatic rings. The van der Waals surface area contributed by atoms with Crippen LogP contribution in [0.25, 0.3) is 0 Å². The molecule has 1 saturated heterocycles. The number of ether oxygens (including phenoxy) is 1. The van der Waals surface area contributed by atoms with Gasteiger partial charge in [-0.05, 0) is 19.8 Å². The molecule has 21 heavy (non-hydrogen) atoms. The first-order chi connectivity index (χ1) is 10.2. The van der Waals surface area contributed by atoms with Gasteiger partial charge in [-0.2, -0.15) is 16.7 Å². The lowest BCUT2D eigenvalue weighted by atomic mass is 10.1. The van der Waals surface area contributed by atoms with Crippen LogP contribution in [0.1, 0.15) is 56.5 Å².